The molecule has 1 atom stereocenters. The minimum atomic E-state index is -3.21. The average Bonchev–Trinajstić information content (AvgIpc) is 2.46. The van der Waals surface area contributed by atoms with Gasteiger partial charge in [-0.15, -0.1) is 0 Å². The van der Waals surface area contributed by atoms with E-state index in [4.69, 9.17) is 4.74 Å². The lowest BCUT2D eigenvalue weighted by Crippen LogP contribution is -2.47. The first kappa shape index (κ1) is 16.7. The van der Waals surface area contributed by atoms with Gasteiger partial charge in [0.2, 0.25) is 10.0 Å². The lowest BCUT2D eigenvalue weighted by molar-refractivity contribution is 0.0526. The fraction of sp³-hybridized carbons (Fsp3) is 0.571. The van der Waals surface area contributed by atoms with Crippen LogP contribution in [0, 0.1) is 0 Å². The number of anilines is 1. The molecule has 1 saturated heterocycles. The second-order valence-corrected chi connectivity index (χ2v) is 7.08. The summed E-state index contributed by atoms with van der Waals surface area (Å²) < 4.78 is 30.2. The first-order valence-electron chi connectivity index (χ1n) is 7.24. The molecule has 0 unspecified atom stereocenters. The molecule has 2 rings (SSSR count). The number of hydrogen-bond acceptors (Lipinski definition) is 6. The van der Waals surface area contributed by atoms with Crippen molar-refractivity contribution in [3.8, 4) is 0 Å². The van der Waals surface area contributed by atoms with E-state index in [0.717, 1.165) is 25.2 Å². The third-order valence-corrected chi connectivity index (χ3v) is 4.15. The van der Waals surface area contributed by atoms with Gasteiger partial charge in [0.05, 0.1) is 18.4 Å². The van der Waals surface area contributed by atoms with Crippen molar-refractivity contribution in [2.24, 2.45) is 0 Å². The predicted octanol–water partition coefficient (Wildman–Crippen LogP) is 0.776. The summed E-state index contributed by atoms with van der Waals surface area (Å²) in [6.07, 6.45) is 4.35. The number of pyridine rings is 1. The summed E-state index contributed by atoms with van der Waals surface area (Å²) in [6, 6.07) is 3.32. The van der Waals surface area contributed by atoms with E-state index in [9.17, 15) is 13.2 Å². The standard InChI is InChI=1S/C14H21N3O4S/c1-3-21-14(18)11-6-7-13(15-9-11)17-8-4-5-12(10-17)16-22(2,19)20/h6-7,9,12,16H,3-5,8,10H2,1-2H3/t12-/m0/s1. The number of carbonyl (C=O) groups is 1. The van der Waals surface area contributed by atoms with Gasteiger partial charge in [0.25, 0.3) is 0 Å². The van der Waals surface area contributed by atoms with Crippen LogP contribution >= 0.6 is 0 Å². The second-order valence-electron chi connectivity index (χ2n) is 5.30. The van der Waals surface area contributed by atoms with Crippen molar-refractivity contribution in [3.63, 3.8) is 0 Å². The Kier molecular flexibility index (Phi) is 5.36. The lowest BCUT2D eigenvalue weighted by atomic mass is 10.1. The number of hydrogen-bond donors (Lipinski definition) is 1. The maximum absolute atomic E-state index is 11.6. The molecule has 0 aromatic carbocycles. The van der Waals surface area contributed by atoms with Crippen molar-refractivity contribution < 1.29 is 17.9 Å². The molecule has 1 aromatic heterocycles. The molecule has 0 saturated carbocycles. The van der Waals surface area contributed by atoms with Gasteiger partial charge in [-0.05, 0) is 31.9 Å². The maximum atomic E-state index is 11.6. The molecule has 122 valence electrons. The van der Waals surface area contributed by atoms with E-state index < -0.39 is 16.0 Å². The van der Waals surface area contributed by atoms with Gasteiger partial charge >= 0.3 is 5.97 Å². The molecule has 0 radical (unpaired) electrons. The molecule has 0 aliphatic carbocycles. The fourth-order valence-electron chi connectivity index (χ4n) is 2.49. The Morgan fingerprint density at radius 2 is 2.27 bits per heavy atom. The van der Waals surface area contributed by atoms with Crippen molar-refractivity contribution in [2.45, 2.75) is 25.8 Å². The fourth-order valence-corrected chi connectivity index (χ4v) is 3.29. The van der Waals surface area contributed by atoms with Crippen LogP contribution in [0.5, 0.6) is 0 Å². The zero-order valence-corrected chi connectivity index (χ0v) is 13.6. The highest BCUT2D eigenvalue weighted by molar-refractivity contribution is 7.88. The Morgan fingerprint density at radius 1 is 1.50 bits per heavy atom. The van der Waals surface area contributed by atoms with Crippen molar-refractivity contribution in [1.82, 2.24) is 9.71 Å². The minimum Gasteiger partial charge on any atom is -0.462 e. The minimum absolute atomic E-state index is 0.115. The van der Waals surface area contributed by atoms with Crippen LogP contribution in [0.1, 0.15) is 30.1 Å². The van der Waals surface area contributed by atoms with Gasteiger partial charge in [-0.3, -0.25) is 0 Å². The van der Waals surface area contributed by atoms with E-state index in [0.29, 0.717) is 18.7 Å². The quantitative estimate of drug-likeness (QED) is 0.804. The highest BCUT2D eigenvalue weighted by Crippen LogP contribution is 2.18. The first-order valence-corrected chi connectivity index (χ1v) is 9.13. The molecule has 0 bridgehead atoms. The maximum Gasteiger partial charge on any atom is 0.339 e. The molecular formula is C14H21N3O4S. The van der Waals surface area contributed by atoms with Crippen molar-refractivity contribution in [3.05, 3.63) is 23.9 Å². The van der Waals surface area contributed by atoms with Gasteiger partial charge in [-0.2, -0.15) is 0 Å². The topological polar surface area (TPSA) is 88.6 Å². The van der Waals surface area contributed by atoms with Gasteiger partial charge in [0.15, 0.2) is 0 Å². The van der Waals surface area contributed by atoms with Crippen LogP contribution in [0.4, 0.5) is 5.82 Å². The molecular weight excluding hydrogens is 306 g/mol. The van der Waals surface area contributed by atoms with Crippen LogP contribution in [0.2, 0.25) is 0 Å². The number of aromatic nitrogens is 1. The van der Waals surface area contributed by atoms with E-state index in [1.54, 1.807) is 19.1 Å². The molecule has 0 amide bonds. The smallest absolute Gasteiger partial charge is 0.339 e. The summed E-state index contributed by atoms with van der Waals surface area (Å²) >= 11 is 0. The van der Waals surface area contributed by atoms with Crippen LogP contribution in [-0.4, -0.2) is 51.4 Å². The molecule has 1 aliphatic heterocycles. The van der Waals surface area contributed by atoms with Crippen molar-refractivity contribution >= 4 is 21.8 Å². The van der Waals surface area contributed by atoms with Gasteiger partial charge < -0.3 is 9.64 Å². The van der Waals surface area contributed by atoms with Crippen LogP contribution < -0.4 is 9.62 Å². The molecule has 8 heteroatoms. The second kappa shape index (κ2) is 7.06. The molecule has 1 aliphatic rings. The van der Waals surface area contributed by atoms with Crippen molar-refractivity contribution in [2.75, 3.05) is 30.9 Å². The summed E-state index contributed by atoms with van der Waals surface area (Å²) in [5.41, 5.74) is 0.411. The predicted molar refractivity (Wildman–Crippen MR) is 83.4 cm³/mol. The van der Waals surface area contributed by atoms with Gasteiger partial charge in [-0.25, -0.2) is 22.9 Å². The number of piperidine rings is 1. The van der Waals surface area contributed by atoms with E-state index in [2.05, 4.69) is 9.71 Å². The number of nitrogens with zero attached hydrogens (tertiary/aromatic N) is 2. The Morgan fingerprint density at radius 3 is 2.86 bits per heavy atom. The van der Waals surface area contributed by atoms with Gasteiger partial charge in [0, 0.05) is 25.3 Å². The highest BCUT2D eigenvalue weighted by Gasteiger charge is 2.23. The normalized spacial score (nSPS) is 19.0. The molecule has 1 N–H and O–H groups in total. The van der Waals surface area contributed by atoms with Crippen molar-refractivity contribution in [1.29, 1.82) is 0 Å². The zero-order chi connectivity index (χ0) is 16.2. The number of sulfonamides is 1. The van der Waals surface area contributed by atoms with Gasteiger partial charge in [-0.1, -0.05) is 0 Å². The first-order chi connectivity index (χ1) is 10.4. The number of nitrogens with one attached hydrogen (secondary N) is 1. The lowest BCUT2D eigenvalue weighted by Gasteiger charge is -2.33. The highest BCUT2D eigenvalue weighted by atomic mass is 32.2. The van der Waals surface area contributed by atoms with Crippen LogP contribution in [-0.2, 0) is 14.8 Å². The zero-order valence-electron chi connectivity index (χ0n) is 12.8. The molecule has 22 heavy (non-hydrogen) atoms. The third-order valence-electron chi connectivity index (χ3n) is 3.39. The third kappa shape index (κ3) is 4.67. The Balaban J connectivity index is 2.03. The molecule has 7 nitrogen and oxygen atoms in total. The Bertz CT molecular complexity index is 615. The molecule has 1 fully saturated rings. The average molecular weight is 327 g/mol. The monoisotopic (exact) mass is 327 g/mol. The summed E-state index contributed by atoms with van der Waals surface area (Å²) in [5, 5.41) is 0. The van der Waals surface area contributed by atoms with Crippen LogP contribution in [0.25, 0.3) is 0 Å². The number of esters is 1. The molecule has 1 aromatic rings. The van der Waals surface area contributed by atoms with E-state index in [-0.39, 0.29) is 6.04 Å². The number of ether oxygens (including phenoxy) is 1. The summed E-state index contributed by atoms with van der Waals surface area (Å²) in [7, 11) is -3.21. The molecule has 0 spiro atoms. The molecule has 2 heterocycles. The summed E-state index contributed by atoms with van der Waals surface area (Å²) in [5.74, 6) is 0.338. The van der Waals surface area contributed by atoms with E-state index >= 15 is 0 Å². The Hall–Kier alpha value is -1.67. The van der Waals surface area contributed by atoms with E-state index in [1.165, 1.54) is 12.5 Å². The summed E-state index contributed by atoms with van der Waals surface area (Å²) in [6.45, 7) is 3.46. The largest absolute Gasteiger partial charge is 0.462 e. The number of carbonyl (C=O) groups excluding carboxylic acids is 1. The number of rotatable bonds is 5. The van der Waals surface area contributed by atoms with Gasteiger partial charge in [0.1, 0.15) is 5.82 Å². The summed E-state index contributed by atoms with van der Waals surface area (Å²) in [4.78, 5) is 17.9. The Labute approximate surface area is 130 Å². The van der Waals surface area contributed by atoms with Crippen LogP contribution in [0.15, 0.2) is 18.3 Å². The SMILES string of the molecule is CCOC(=O)c1ccc(N2CCC[C@H](NS(C)(=O)=O)C2)nc1. The van der Waals surface area contributed by atoms with E-state index in [1.807, 2.05) is 4.90 Å². The van der Waals surface area contributed by atoms with Crippen LogP contribution in [0.3, 0.4) is 0 Å².